The Bertz CT molecular complexity index is 150. The van der Waals surface area contributed by atoms with Gasteiger partial charge in [0.15, 0.2) is 0 Å². The van der Waals surface area contributed by atoms with Gasteiger partial charge >= 0.3 is 0 Å². The SMILES string of the molecule is CC1CCOC1C(N)C(C)(C)C. The van der Waals surface area contributed by atoms with Gasteiger partial charge in [0.05, 0.1) is 6.10 Å². The largest absolute Gasteiger partial charge is 0.376 e. The molecular weight excluding hydrogens is 150 g/mol. The third-order valence-electron chi connectivity index (χ3n) is 2.80. The Hall–Kier alpha value is -0.0800. The van der Waals surface area contributed by atoms with Crippen LogP contribution in [0.4, 0.5) is 0 Å². The highest BCUT2D eigenvalue weighted by Crippen LogP contribution is 2.30. The Labute approximate surface area is 75.5 Å². The molecule has 1 heterocycles. The lowest BCUT2D eigenvalue weighted by molar-refractivity contribution is 0.0387. The van der Waals surface area contributed by atoms with E-state index in [1.807, 2.05) is 0 Å². The van der Waals surface area contributed by atoms with E-state index in [1.54, 1.807) is 0 Å². The summed E-state index contributed by atoms with van der Waals surface area (Å²) in [6.07, 6.45) is 1.43. The summed E-state index contributed by atoms with van der Waals surface area (Å²) in [4.78, 5) is 0. The Morgan fingerprint density at radius 3 is 2.33 bits per heavy atom. The van der Waals surface area contributed by atoms with Gasteiger partial charge in [-0.1, -0.05) is 27.7 Å². The van der Waals surface area contributed by atoms with Crippen LogP contribution in [-0.2, 0) is 4.74 Å². The van der Waals surface area contributed by atoms with Crippen molar-refractivity contribution in [2.45, 2.75) is 46.3 Å². The van der Waals surface area contributed by atoms with Gasteiger partial charge in [-0.3, -0.25) is 0 Å². The van der Waals surface area contributed by atoms with Crippen molar-refractivity contribution in [3.05, 3.63) is 0 Å². The van der Waals surface area contributed by atoms with Gasteiger partial charge in [-0.05, 0) is 17.8 Å². The fourth-order valence-corrected chi connectivity index (χ4v) is 1.67. The highest BCUT2D eigenvalue weighted by molar-refractivity contribution is 4.89. The van der Waals surface area contributed by atoms with E-state index in [0.717, 1.165) is 13.0 Å². The van der Waals surface area contributed by atoms with Gasteiger partial charge in [-0.25, -0.2) is 0 Å². The zero-order chi connectivity index (χ0) is 9.35. The first-order valence-corrected chi connectivity index (χ1v) is 4.80. The fourth-order valence-electron chi connectivity index (χ4n) is 1.67. The van der Waals surface area contributed by atoms with Crippen LogP contribution in [0.2, 0.25) is 0 Å². The minimum atomic E-state index is 0.156. The average molecular weight is 171 g/mol. The summed E-state index contributed by atoms with van der Waals surface area (Å²) < 4.78 is 5.63. The summed E-state index contributed by atoms with van der Waals surface area (Å²) in [5.41, 5.74) is 6.28. The molecule has 1 aliphatic rings. The first kappa shape index (κ1) is 10.0. The van der Waals surface area contributed by atoms with Crippen LogP contribution in [-0.4, -0.2) is 18.8 Å². The maximum absolute atomic E-state index is 6.12. The zero-order valence-corrected chi connectivity index (χ0v) is 8.63. The van der Waals surface area contributed by atoms with Gasteiger partial charge in [0.1, 0.15) is 0 Å². The molecule has 2 N–H and O–H groups in total. The van der Waals surface area contributed by atoms with Crippen LogP contribution in [0.25, 0.3) is 0 Å². The summed E-state index contributed by atoms with van der Waals surface area (Å²) in [5, 5.41) is 0. The lowest BCUT2D eigenvalue weighted by Gasteiger charge is -2.33. The maximum Gasteiger partial charge on any atom is 0.0757 e. The monoisotopic (exact) mass is 171 g/mol. The normalized spacial score (nSPS) is 33.8. The van der Waals surface area contributed by atoms with Crippen molar-refractivity contribution in [3.63, 3.8) is 0 Å². The van der Waals surface area contributed by atoms with E-state index in [9.17, 15) is 0 Å². The summed E-state index contributed by atoms with van der Waals surface area (Å²) in [6, 6.07) is 0.162. The van der Waals surface area contributed by atoms with Gasteiger partial charge in [-0.15, -0.1) is 0 Å². The molecule has 0 amide bonds. The zero-order valence-electron chi connectivity index (χ0n) is 8.63. The van der Waals surface area contributed by atoms with E-state index >= 15 is 0 Å². The van der Waals surface area contributed by atoms with Crippen molar-refractivity contribution < 1.29 is 4.74 Å². The molecule has 2 nitrogen and oxygen atoms in total. The average Bonchev–Trinajstić information content (AvgIpc) is 2.31. The predicted octanol–water partition coefficient (Wildman–Crippen LogP) is 1.78. The van der Waals surface area contributed by atoms with Crippen LogP contribution in [0.1, 0.15) is 34.1 Å². The van der Waals surface area contributed by atoms with Gasteiger partial charge in [0.2, 0.25) is 0 Å². The highest BCUT2D eigenvalue weighted by atomic mass is 16.5. The van der Waals surface area contributed by atoms with Crippen LogP contribution < -0.4 is 5.73 Å². The van der Waals surface area contributed by atoms with E-state index in [0.29, 0.717) is 5.92 Å². The summed E-state index contributed by atoms with van der Waals surface area (Å²) in [6.45, 7) is 9.63. The molecule has 3 atom stereocenters. The van der Waals surface area contributed by atoms with Crippen molar-refractivity contribution in [1.29, 1.82) is 0 Å². The molecule has 0 radical (unpaired) electrons. The van der Waals surface area contributed by atoms with E-state index < -0.39 is 0 Å². The quantitative estimate of drug-likeness (QED) is 0.652. The molecule has 72 valence electrons. The Morgan fingerprint density at radius 1 is 1.42 bits per heavy atom. The van der Waals surface area contributed by atoms with Crippen molar-refractivity contribution in [1.82, 2.24) is 0 Å². The maximum atomic E-state index is 6.12. The molecule has 0 aliphatic carbocycles. The molecule has 0 aromatic carbocycles. The molecule has 2 heteroatoms. The van der Waals surface area contributed by atoms with Crippen LogP contribution in [0.5, 0.6) is 0 Å². The van der Waals surface area contributed by atoms with Gasteiger partial charge in [0, 0.05) is 12.6 Å². The minimum Gasteiger partial charge on any atom is -0.376 e. The Morgan fingerprint density at radius 2 is 2.00 bits per heavy atom. The Balaban J connectivity index is 2.57. The van der Waals surface area contributed by atoms with Crippen LogP contribution >= 0.6 is 0 Å². The minimum absolute atomic E-state index is 0.156. The van der Waals surface area contributed by atoms with Crippen LogP contribution in [0.3, 0.4) is 0 Å². The van der Waals surface area contributed by atoms with Crippen molar-refractivity contribution in [2.75, 3.05) is 6.61 Å². The topological polar surface area (TPSA) is 35.2 Å². The molecule has 0 bridgehead atoms. The van der Waals surface area contributed by atoms with Crippen LogP contribution in [0, 0.1) is 11.3 Å². The number of hydrogen-bond acceptors (Lipinski definition) is 2. The molecule has 0 aromatic rings. The second-order valence-electron chi connectivity index (χ2n) is 4.99. The smallest absolute Gasteiger partial charge is 0.0757 e. The van der Waals surface area contributed by atoms with Crippen molar-refractivity contribution >= 4 is 0 Å². The van der Waals surface area contributed by atoms with Crippen LogP contribution in [0.15, 0.2) is 0 Å². The second kappa shape index (κ2) is 3.35. The standard InChI is InChI=1S/C10H21NO/c1-7-5-6-12-8(7)9(11)10(2,3)4/h7-9H,5-6,11H2,1-4H3. The van der Waals surface area contributed by atoms with Crippen molar-refractivity contribution in [2.24, 2.45) is 17.1 Å². The van der Waals surface area contributed by atoms with E-state index in [4.69, 9.17) is 10.5 Å². The second-order valence-corrected chi connectivity index (χ2v) is 4.99. The number of ether oxygens (including phenoxy) is 1. The molecular formula is C10H21NO. The fraction of sp³-hybridized carbons (Fsp3) is 1.00. The van der Waals surface area contributed by atoms with E-state index in [2.05, 4.69) is 27.7 Å². The van der Waals surface area contributed by atoms with Crippen molar-refractivity contribution in [3.8, 4) is 0 Å². The third-order valence-corrected chi connectivity index (χ3v) is 2.80. The molecule has 1 fully saturated rings. The van der Waals surface area contributed by atoms with Gasteiger partial charge in [0.25, 0.3) is 0 Å². The van der Waals surface area contributed by atoms with Gasteiger partial charge in [-0.2, -0.15) is 0 Å². The summed E-state index contributed by atoms with van der Waals surface area (Å²) in [5.74, 6) is 0.624. The number of hydrogen-bond donors (Lipinski definition) is 1. The van der Waals surface area contributed by atoms with E-state index in [1.165, 1.54) is 0 Å². The summed E-state index contributed by atoms with van der Waals surface area (Å²) >= 11 is 0. The highest BCUT2D eigenvalue weighted by Gasteiger charge is 2.36. The van der Waals surface area contributed by atoms with E-state index in [-0.39, 0.29) is 17.6 Å². The Kier molecular flexibility index (Phi) is 2.79. The molecule has 0 aromatic heterocycles. The molecule has 1 aliphatic heterocycles. The summed E-state index contributed by atoms with van der Waals surface area (Å²) in [7, 11) is 0. The molecule has 1 saturated heterocycles. The lowest BCUT2D eigenvalue weighted by Crippen LogP contribution is -2.47. The number of nitrogens with two attached hydrogens (primary N) is 1. The third kappa shape index (κ3) is 1.99. The van der Waals surface area contributed by atoms with Gasteiger partial charge < -0.3 is 10.5 Å². The number of rotatable bonds is 1. The molecule has 0 spiro atoms. The molecule has 1 rings (SSSR count). The lowest BCUT2D eigenvalue weighted by atomic mass is 9.80. The molecule has 0 saturated carbocycles. The first-order valence-electron chi connectivity index (χ1n) is 4.80. The first-order chi connectivity index (χ1) is 5.43. The molecule has 12 heavy (non-hydrogen) atoms. The predicted molar refractivity (Wildman–Crippen MR) is 51.0 cm³/mol. The molecule has 3 unspecified atom stereocenters.